The molecule has 1 saturated carbocycles. The van der Waals surface area contributed by atoms with Gasteiger partial charge in [-0.15, -0.1) is 0 Å². The lowest BCUT2D eigenvalue weighted by Crippen LogP contribution is -2.45. The molecule has 0 radical (unpaired) electrons. The van der Waals surface area contributed by atoms with Crippen molar-refractivity contribution in [1.82, 2.24) is 20.5 Å². The molecular weight excluding hydrogens is 356 g/mol. The highest BCUT2D eigenvalue weighted by Gasteiger charge is 2.37. The number of amides is 2. The molecule has 2 fully saturated rings. The van der Waals surface area contributed by atoms with E-state index in [1.165, 1.54) is 12.8 Å². The normalized spacial score (nSPS) is 21.6. The molecule has 2 N–H and O–H groups in total. The van der Waals surface area contributed by atoms with Gasteiger partial charge < -0.3 is 20.3 Å². The molecule has 1 aromatic heterocycles. The van der Waals surface area contributed by atoms with E-state index in [2.05, 4.69) is 15.6 Å². The quantitative estimate of drug-likeness (QED) is 0.809. The zero-order valence-corrected chi connectivity index (χ0v) is 16.8. The number of carbonyl (C=O) groups excluding carboxylic acids is 2. The smallest absolute Gasteiger partial charge is 0.256 e. The van der Waals surface area contributed by atoms with E-state index in [1.54, 1.807) is 7.11 Å². The van der Waals surface area contributed by atoms with Crippen LogP contribution in [0.25, 0.3) is 0 Å². The van der Waals surface area contributed by atoms with Gasteiger partial charge in [0.15, 0.2) is 0 Å². The molecule has 0 bridgehead atoms. The van der Waals surface area contributed by atoms with E-state index < -0.39 is 0 Å². The SMILES string of the molecule is COc1nc2c(cc1CNC(=O)C1(C)CCNCC1)C(=O)N(C1CCCC1)C2. The van der Waals surface area contributed by atoms with Crippen LogP contribution in [0.2, 0.25) is 0 Å². The number of hydrogen-bond acceptors (Lipinski definition) is 5. The molecule has 7 heteroatoms. The second kappa shape index (κ2) is 7.70. The fraction of sp³-hybridized carbons (Fsp3) is 0.667. The van der Waals surface area contributed by atoms with Gasteiger partial charge in [0.1, 0.15) is 0 Å². The Hall–Kier alpha value is -2.15. The highest BCUT2D eigenvalue weighted by Crippen LogP contribution is 2.33. The van der Waals surface area contributed by atoms with Gasteiger partial charge >= 0.3 is 0 Å². The predicted octanol–water partition coefficient (Wildman–Crippen LogP) is 1.99. The summed E-state index contributed by atoms with van der Waals surface area (Å²) in [4.78, 5) is 32.2. The first kappa shape index (κ1) is 19.2. The number of methoxy groups -OCH3 is 1. The van der Waals surface area contributed by atoms with E-state index in [-0.39, 0.29) is 17.2 Å². The molecule has 0 aromatic carbocycles. The lowest BCUT2D eigenvalue weighted by Gasteiger charge is -2.32. The molecule has 1 aromatic rings. The second-order valence-corrected chi connectivity index (χ2v) is 8.52. The standard InChI is InChI=1S/C21H30N4O3/c1-21(7-9-22-10-8-21)20(27)23-12-14-11-16-17(24-18(14)28-2)13-25(19(16)26)15-5-3-4-6-15/h11,15,22H,3-10,12-13H2,1-2H3,(H,23,27). The van der Waals surface area contributed by atoms with Gasteiger partial charge in [0, 0.05) is 23.6 Å². The number of nitrogens with zero attached hydrogens (tertiary/aromatic N) is 2. The molecule has 1 saturated heterocycles. The Labute approximate surface area is 166 Å². The largest absolute Gasteiger partial charge is 0.481 e. The average Bonchev–Trinajstić information content (AvgIpc) is 3.34. The van der Waals surface area contributed by atoms with E-state index in [0.717, 1.165) is 50.0 Å². The first-order chi connectivity index (χ1) is 13.5. The number of rotatable bonds is 5. The van der Waals surface area contributed by atoms with E-state index in [0.29, 0.717) is 30.6 Å². The summed E-state index contributed by atoms with van der Waals surface area (Å²) >= 11 is 0. The number of fused-ring (bicyclic) bond motifs is 1. The summed E-state index contributed by atoms with van der Waals surface area (Å²) in [7, 11) is 1.58. The van der Waals surface area contributed by atoms with Gasteiger partial charge in [-0.05, 0) is 44.8 Å². The molecule has 0 spiro atoms. The molecule has 3 heterocycles. The van der Waals surface area contributed by atoms with Crippen LogP contribution in [0.5, 0.6) is 5.88 Å². The van der Waals surface area contributed by atoms with E-state index in [9.17, 15) is 9.59 Å². The minimum atomic E-state index is -0.349. The van der Waals surface area contributed by atoms with Crippen LogP contribution in [-0.2, 0) is 17.9 Å². The van der Waals surface area contributed by atoms with Crippen LogP contribution in [0.4, 0.5) is 0 Å². The van der Waals surface area contributed by atoms with Crippen molar-refractivity contribution < 1.29 is 14.3 Å². The number of piperidine rings is 1. The van der Waals surface area contributed by atoms with Gasteiger partial charge in [-0.25, -0.2) is 4.98 Å². The average molecular weight is 386 g/mol. The topological polar surface area (TPSA) is 83.6 Å². The molecule has 152 valence electrons. The van der Waals surface area contributed by atoms with Crippen molar-refractivity contribution in [3.63, 3.8) is 0 Å². The third-order valence-electron chi connectivity index (χ3n) is 6.61. The number of nitrogens with one attached hydrogen (secondary N) is 2. The maximum Gasteiger partial charge on any atom is 0.256 e. The first-order valence-corrected chi connectivity index (χ1v) is 10.4. The highest BCUT2D eigenvalue weighted by atomic mass is 16.5. The third-order valence-corrected chi connectivity index (χ3v) is 6.61. The first-order valence-electron chi connectivity index (χ1n) is 10.4. The van der Waals surface area contributed by atoms with Crippen LogP contribution in [0.3, 0.4) is 0 Å². The highest BCUT2D eigenvalue weighted by molar-refractivity contribution is 5.98. The summed E-state index contributed by atoms with van der Waals surface area (Å²) < 4.78 is 5.47. The number of aromatic nitrogens is 1. The maximum absolute atomic E-state index is 12.9. The molecule has 0 unspecified atom stereocenters. The van der Waals surface area contributed by atoms with Gasteiger partial charge in [-0.3, -0.25) is 9.59 Å². The van der Waals surface area contributed by atoms with Crippen molar-refractivity contribution in [2.45, 2.75) is 64.6 Å². The Morgan fingerprint density at radius 1 is 1.36 bits per heavy atom. The Morgan fingerprint density at radius 3 is 2.75 bits per heavy atom. The van der Waals surface area contributed by atoms with Crippen LogP contribution < -0.4 is 15.4 Å². The molecular formula is C21H30N4O3. The molecule has 2 amide bonds. The molecule has 3 aliphatic rings. The Morgan fingerprint density at radius 2 is 2.07 bits per heavy atom. The minimum Gasteiger partial charge on any atom is -0.481 e. The van der Waals surface area contributed by atoms with Gasteiger partial charge in [-0.1, -0.05) is 19.8 Å². The Bertz CT molecular complexity index is 767. The Balaban J connectivity index is 1.49. The number of hydrogen-bond donors (Lipinski definition) is 2. The number of pyridine rings is 1. The van der Waals surface area contributed by atoms with Gasteiger partial charge in [0.05, 0.1) is 24.9 Å². The number of ether oxygens (including phenoxy) is 1. The fourth-order valence-corrected chi connectivity index (χ4v) is 4.68. The maximum atomic E-state index is 12.9. The van der Waals surface area contributed by atoms with Crippen molar-refractivity contribution in [2.24, 2.45) is 5.41 Å². The van der Waals surface area contributed by atoms with Crippen LogP contribution >= 0.6 is 0 Å². The van der Waals surface area contributed by atoms with Gasteiger partial charge in [0.2, 0.25) is 11.8 Å². The van der Waals surface area contributed by atoms with Crippen molar-refractivity contribution in [1.29, 1.82) is 0 Å². The van der Waals surface area contributed by atoms with Crippen LogP contribution in [-0.4, -0.2) is 47.9 Å². The van der Waals surface area contributed by atoms with Crippen molar-refractivity contribution in [2.75, 3.05) is 20.2 Å². The summed E-state index contributed by atoms with van der Waals surface area (Å²) in [5.41, 5.74) is 1.85. The minimum absolute atomic E-state index is 0.0514. The molecule has 2 aliphatic heterocycles. The lowest BCUT2D eigenvalue weighted by molar-refractivity contribution is -0.131. The van der Waals surface area contributed by atoms with Crippen molar-refractivity contribution in [3.8, 4) is 5.88 Å². The lowest BCUT2D eigenvalue weighted by atomic mass is 9.80. The van der Waals surface area contributed by atoms with Gasteiger partial charge in [0.25, 0.3) is 5.91 Å². The van der Waals surface area contributed by atoms with Crippen molar-refractivity contribution in [3.05, 3.63) is 22.9 Å². The summed E-state index contributed by atoms with van der Waals surface area (Å²) in [6, 6.07) is 2.19. The Kier molecular flexibility index (Phi) is 5.27. The van der Waals surface area contributed by atoms with E-state index in [1.807, 2.05) is 17.9 Å². The predicted molar refractivity (Wildman–Crippen MR) is 105 cm³/mol. The summed E-state index contributed by atoms with van der Waals surface area (Å²) in [6.07, 6.45) is 6.18. The molecule has 4 rings (SSSR count). The van der Waals surface area contributed by atoms with E-state index in [4.69, 9.17) is 4.74 Å². The molecule has 7 nitrogen and oxygen atoms in total. The monoisotopic (exact) mass is 386 g/mol. The molecule has 28 heavy (non-hydrogen) atoms. The molecule has 1 aliphatic carbocycles. The zero-order chi connectivity index (χ0) is 19.7. The van der Waals surface area contributed by atoms with Crippen LogP contribution in [0.1, 0.15) is 67.1 Å². The fourth-order valence-electron chi connectivity index (χ4n) is 4.68. The number of carbonyl (C=O) groups is 2. The van der Waals surface area contributed by atoms with Crippen LogP contribution in [0.15, 0.2) is 6.07 Å². The van der Waals surface area contributed by atoms with Crippen molar-refractivity contribution >= 4 is 11.8 Å². The molecule has 0 atom stereocenters. The summed E-state index contributed by atoms with van der Waals surface area (Å²) in [6.45, 7) is 4.62. The van der Waals surface area contributed by atoms with Gasteiger partial charge in [-0.2, -0.15) is 0 Å². The summed E-state index contributed by atoms with van der Waals surface area (Å²) in [5, 5.41) is 6.34. The van der Waals surface area contributed by atoms with E-state index >= 15 is 0 Å². The third kappa shape index (κ3) is 3.48. The van der Waals surface area contributed by atoms with Crippen LogP contribution in [0, 0.1) is 5.41 Å². The second-order valence-electron chi connectivity index (χ2n) is 8.52. The zero-order valence-electron chi connectivity index (χ0n) is 16.8. The summed E-state index contributed by atoms with van der Waals surface area (Å²) in [5.74, 6) is 0.612.